The highest BCUT2D eigenvalue weighted by Crippen LogP contribution is 2.25. The minimum Gasteiger partial charge on any atom is -0.385 e. The van der Waals surface area contributed by atoms with E-state index in [0.717, 1.165) is 6.42 Å². The summed E-state index contributed by atoms with van der Waals surface area (Å²) in [6.07, 6.45) is -2.74. The number of ether oxygens (including phenoxy) is 1. The van der Waals surface area contributed by atoms with Gasteiger partial charge in [-0.25, -0.2) is 0 Å². The molecule has 1 unspecified atom stereocenters. The average Bonchev–Trinajstić information content (AvgIpc) is 2.42. The molecule has 1 atom stereocenters. The second-order valence-electron chi connectivity index (χ2n) is 4.00. The molecule has 0 aromatic heterocycles. The fourth-order valence-electron chi connectivity index (χ4n) is 1.93. The van der Waals surface area contributed by atoms with Gasteiger partial charge in [0.05, 0.1) is 0 Å². The van der Waals surface area contributed by atoms with Crippen molar-refractivity contribution in [2.24, 2.45) is 0 Å². The van der Waals surface area contributed by atoms with E-state index in [1.165, 1.54) is 4.90 Å². The van der Waals surface area contributed by atoms with E-state index in [9.17, 15) is 13.2 Å². The highest BCUT2D eigenvalue weighted by Gasteiger charge is 2.43. The van der Waals surface area contributed by atoms with Crippen LogP contribution in [0.15, 0.2) is 0 Å². The Balaban J connectivity index is 2.52. The monoisotopic (exact) mass is 240 g/mol. The zero-order valence-corrected chi connectivity index (χ0v) is 9.52. The first-order valence-corrected chi connectivity index (χ1v) is 5.56. The molecule has 0 aromatic rings. The second-order valence-corrected chi connectivity index (χ2v) is 4.00. The van der Waals surface area contributed by atoms with Crippen molar-refractivity contribution in [1.29, 1.82) is 0 Å². The molecular formula is C10H19F3N2O. The molecule has 6 heteroatoms. The molecule has 1 fully saturated rings. The van der Waals surface area contributed by atoms with Gasteiger partial charge in [0, 0.05) is 33.4 Å². The van der Waals surface area contributed by atoms with Crippen molar-refractivity contribution in [3.8, 4) is 0 Å². The molecule has 0 aliphatic carbocycles. The smallest absolute Gasteiger partial charge is 0.385 e. The predicted molar refractivity (Wildman–Crippen MR) is 55.4 cm³/mol. The number of hydrogen-bond donors (Lipinski definition) is 1. The SMILES string of the molecule is COCCCN1CCCNCC1C(F)(F)F. The molecule has 1 aliphatic heterocycles. The third kappa shape index (κ3) is 4.27. The van der Waals surface area contributed by atoms with Crippen molar-refractivity contribution < 1.29 is 17.9 Å². The summed E-state index contributed by atoms with van der Waals surface area (Å²) >= 11 is 0. The van der Waals surface area contributed by atoms with Crippen LogP contribution < -0.4 is 5.32 Å². The fraction of sp³-hybridized carbons (Fsp3) is 1.00. The van der Waals surface area contributed by atoms with Gasteiger partial charge in [-0.05, 0) is 19.4 Å². The van der Waals surface area contributed by atoms with Gasteiger partial charge < -0.3 is 10.1 Å². The average molecular weight is 240 g/mol. The van der Waals surface area contributed by atoms with Gasteiger partial charge in [0.2, 0.25) is 0 Å². The van der Waals surface area contributed by atoms with Crippen molar-refractivity contribution in [2.75, 3.05) is 39.9 Å². The van der Waals surface area contributed by atoms with Crippen molar-refractivity contribution in [3.63, 3.8) is 0 Å². The summed E-state index contributed by atoms with van der Waals surface area (Å²) in [7, 11) is 1.56. The maximum absolute atomic E-state index is 12.8. The van der Waals surface area contributed by atoms with Crippen molar-refractivity contribution >= 4 is 0 Å². The van der Waals surface area contributed by atoms with E-state index in [1.54, 1.807) is 7.11 Å². The minimum atomic E-state index is -4.15. The molecule has 0 aromatic carbocycles. The molecule has 0 amide bonds. The van der Waals surface area contributed by atoms with Gasteiger partial charge >= 0.3 is 6.18 Å². The predicted octanol–water partition coefficient (Wildman–Crippen LogP) is 1.25. The van der Waals surface area contributed by atoms with E-state index in [4.69, 9.17) is 4.74 Å². The van der Waals surface area contributed by atoms with Crippen LogP contribution in [0.4, 0.5) is 13.2 Å². The van der Waals surface area contributed by atoms with E-state index in [0.29, 0.717) is 32.7 Å². The highest BCUT2D eigenvalue weighted by molar-refractivity contribution is 4.83. The zero-order valence-electron chi connectivity index (χ0n) is 9.52. The van der Waals surface area contributed by atoms with E-state index < -0.39 is 12.2 Å². The molecule has 0 radical (unpaired) electrons. The largest absolute Gasteiger partial charge is 0.405 e. The molecule has 0 spiro atoms. The Hall–Kier alpha value is -0.330. The molecule has 3 nitrogen and oxygen atoms in total. The maximum Gasteiger partial charge on any atom is 0.405 e. The van der Waals surface area contributed by atoms with Crippen LogP contribution in [-0.4, -0.2) is 57.0 Å². The third-order valence-corrected chi connectivity index (χ3v) is 2.75. The van der Waals surface area contributed by atoms with E-state index in [1.807, 2.05) is 0 Å². The second kappa shape index (κ2) is 6.42. The Morgan fingerprint density at radius 1 is 1.44 bits per heavy atom. The molecular weight excluding hydrogens is 221 g/mol. The summed E-state index contributed by atoms with van der Waals surface area (Å²) in [5, 5.41) is 2.83. The molecule has 96 valence electrons. The third-order valence-electron chi connectivity index (χ3n) is 2.75. The number of alkyl halides is 3. The topological polar surface area (TPSA) is 24.5 Å². The Labute approximate surface area is 93.9 Å². The van der Waals surface area contributed by atoms with E-state index >= 15 is 0 Å². The molecule has 1 heterocycles. The minimum absolute atomic E-state index is 0.00349. The van der Waals surface area contributed by atoms with Gasteiger partial charge in [0.1, 0.15) is 6.04 Å². The fourth-order valence-corrected chi connectivity index (χ4v) is 1.93. The molecule has 0 bridgehead atoms. The van der Waals surface area contributed by atoms with Crippen LogP contribution in [0.2, 0.25) is 0 Å². The van der Waals surface area contributed by atoms with Gasteiger partial charge in [0.25, 0.3) is 0 Å². The number of nitrogens with zero attached hydrogens (tertiary/aromatic N) is 1. The lowest BCUT2D eigenvalue weighted by Crippen LogP contribution is -2.50. The van der Waals surface area contributed by atoms with Crippen LogP contribution in [0.25, 0.3) is 0 Å². The van der Waals surface area contributed by atoms with Crippen LogP contribution >= 0.6 is 0 Å². The number of halogens is 3. The molecule has 0 saturated carbocycles. The summed E-state index contributed by atoms with van der Waals surface area (Å²) in [5.74, 6) is 0. The number of methoxy groups -OCH3 is 1. The van der Waals surface area contributed by atoms with E-state index in [-0.39, 0.29) is 6.54 Å². The van der Waals surface area contributed by atoms with Crippen LogP contribution in [0.5, 0.6) is 0 Å². The lowest BCUT2D eigenvalue weighted by atomic mass is 10.2. The van der Waals surface area contributed by atoms with Crippen molar-refractivity contribution in [2.45, 2.75) is 25.1 Å². The van der Waals surface area contributed by atoms with Gasteiger partial charge in [-0.15, -0.1) is 0 Å². The highest BCUT2D eigenvalue weighted by atomic mass is 19.4. The summed E-state index contributed by atoms with van der Waals surface area (Å²) in [5.41, 5.74) is 0. The van der Waals surface area contributed by atoms with Gasteiger partial charge in [-0.2, -0.15) is 13.2 Å². The van der Waals surface area contributed by atoms with Crippen molar-refractivity contribution in [1.82, 2.24) is 10.2 Å². The Morgan fingerprint density at radius 2 is 2.19 bits per heavy atom. The Kier molecular flexibility index (Phi) is 5.51. The van der Waals surface area contributed by atoms with Crippen LogP contribution in [0.1, 0.15) is 12.8 Å². The first-order chi connectivity index (χ1) is 7.55. The molecule has 16 heavy (non-hydrogen) atoms. The first-order valence-electron chi connectivity index (χ1n) is 5.56. The lowest BCUT2D eigenvalue weighted by Gasteiger charge is -2.31. The summed E-state index contributed by atoms with van der Waals surface area (Å²) in [6.45, 7) is 2.11. The normalized spacial score (nSPS) is 24.4. The summed E-state index contributed by atoms with van der Waals surface area (Å²) < 4.78 is 43.2. The molecule has 1 saturated heterocycles. The maximum atomic E-state index is 12.8. The summed E-state index contributed by atoms with van der Waals surface area (Å²) in [6, 6.07) is -1.35. The Morgan fingerprint density at radius 3 is 2.81 bits per heavy atom. The van der Waals surface area contributed by atoms with Crippen molar-refractivity contribution in [3.05, 3.63) is 0 Å². The molecule has 1 rings (SSSR count). The number of rotatable bonds is 4. The number of hydrogen-bond acceptors (Lipinski definition) is 3. The molecule has 1 N–H and O–H groups in total. The Bertz CT molecular complexity index is 199. The van der Waals surface area contributed by atoms with Gasteiger partial charge in [0.15, 0.2) is 0 Å². The van der Waals surface area contributed by atoms with Crippen LogP contribution in [0.3, 0.4) is 0 Å². The van der Waals surface area contributed by atoms with E-state index in [2.05, 4.69) is 5.32 Å². The molecule has 1 aliphatic rings. The van der Waals surface area contributed by atoms with Gasteiger partial charge in [-0.1, -0.05) is 0 Å². The number of nitrogens with one attached hydrogen (secondary N) is 1. The quantitative estimate of drug-likeness (QED) is 0.748. The van der Waals surface area contributed by atoms with Crippen LogP contribution in [-0.2, 0) is 4.74 Å². The van der Waals surface area contributed by atoms with Gasteiger partial charge in [-0.3, -0.25) is 4.90 Å². The lowest BCUT2D eigenvalue weighted by molar-refractivity contribution is -0.181. The standard InChI is InChI=1S/C10H19F3N2O/c1-16-7-3-6-15-5-2-4-14-8-9(15)10(11,12)13/h9,14H,2-8H2,1H3. The zero-order chi connectivity index (χ0) is 12.0. The van der Waals surface area contributed by atoms with Crippen LogP contribution in [0, 0.1) is 0 Å². The summed E-state index contributed by atoms with van der Waals surface area (Å²) in [4.78, 5) is 1.51. The first kappa shape index (κ1) is 13.7.